The van der Waals surface area contributed by atoms with Gasteiger partial charge < -0.3 is 4.74 Å². The average molecular weight is 241 g/mol. The van der Waals surface area contributed by atoms with Crippen LogP contribution in [-0.2, 0) is 9.53 Å². The lowest BCUT2D eigenvalue weighted by Crippen LogP contribution is -2.40. The van der Waals surface area contributed by atoms with E-state index < -0.39 is 0 Å². The molecule has 0 radical (unpaired) electrons. The summed E-state index contributed by atoms with van der Waals surface area (Å²) in [7, 11) is 0. The second-order valence-corrected chi connectivity index (χ2v) is 5.11. The lowest BCUT2D eigenvalue weighted by atomic mass is 9.98. The summed E-state index contributed by atoms with van der Waals surface area (Å²) in [4.78, 5) is 14.2. The Morgan fingerprint density at radius 1 is 1.24 bits per heavy atom. The molecule has 1 fully saturated rings. The highest BCUT2D eigenvalue weighted by atomic mass is 16.5. The molecule has 1 aliphatic heterocycles. The van der Waals surface area contributed by atoms with E-state index in [0.29, 0.717) is 12.3 Å². The minimum absolute atomic E-state index is 0.231. The van der Waals surface area contributed by atoms with E-state index in [4.69, 9.17) is 4.74 Å². The largest absolute Gasteiger partial charge is 0.379 e. The number of hydrogen-bond acceptors (Lipinski definition) is 3. The number of carbonyl (C=O) groups is 1. The second kappa shape index (κ2) is 8.65. The maximum atomic E-state index is 12.0. The molecular weight excluding hydrogens is 214 g/mol. The molecule has 1 saturated heterocycles. The van der Waals surface area contributed by atoms with Crippen molar-refractivity contribution in [3.8, 4) is 0 Å². The third kappa shape index (κ3) is 6.18. The molecule has 1 heterocycles. The molecule has 1 rings (SSSR count). The first-order valence-electron chi connectivity index (χ1n) is 7.07. The van der Waals surface area contributed by atoms with Gasteiger partial charge in [0, 0.05) is 19.0 Å². The number of ether oxygens (including phenoxy) is 1. The van der Waals surface area contributed by atoms with E-state index >= 15 is 0 Å². The molecular formula is C14H27NO2. The van der Waals surface area contributed by atoms with E-state index in [-0.39, 0.29) is 5.92 Å². The van der Waals surface area contributed by atoms with Gasteiger partial charge in [-0.1, -0.05) is 39.5 Å². The first-order valence-corrected chi connectivity index (χ1v) is 7.07. The smallest absolute Gasteiger partial charge is 0.149 e. The fourth-order valence-corrected chi connectivity index (χ4v) is 2.17. The predicted octanol–water partition coefficient (Wildman–Crippen LogP) is 2.49. The van der Waals surface area contributed by atoms with Crippen LogP contribution in [-0.4, -0.2) is 43.5 Å². The van der Waals surface area contributed by atoms with Crippen LogP contribution in [0.15, 0.2) is 0 Å². The predicted molar refractivity (Wildman–Crippen MR) is 70.2 cm³/mol. The van der Waals surface area contributed by atoms with E-state index in [2.05, 4.69) is 18.7 Å². The molecule has 0 saturated carbocycles. The Morgan fingerprint density at radius 2 is 1.94 bits per heavy atom. The first-order chi connectivity index (χ1) is 8.24. The number of nitrogens with zero attached hydrogens (tertiary/aromatic N) is 1. The zero-order chi connectivity index (χ0) is 12.5. The van der Waals surface area contributed by atoms with Gasteiger partial charge in [0.1, 0.15) is 5.78 Å². The summed E-state index contributed by atoms with van der Waals surface area (Å²) in [6, 6.07) is 0. The standard InChI is InChI=1S/C14H27NO2/c1-3-4-5-6-7-13(2)14(16)12-15-8-10-17-11-9-15/h13H,3-12H2,1-2H3. The van der Waals surface area contributed by atoms with Gasteiger partial charge in [-0.05, 0) is 6.42 Å². The quantitative estimate of drug-likeness (QED) is 0.611. The highest BCUT2D eigenvalue weighted by molar-refractivity contribution is 5.82. The van der Waals surface area contributed by atoms with E-state index in [1.807, 2.05) is 0 Å². The van der Waals surface area contributed by atoms with E-state index in [1.54, 1.807) is 0 Å². The van der Waals surface area contributed by atoms with Crippen LogP contribution in [0.3, 0.4) is 0 Å². The third-order valence-corrected chi connectivity index (χ3v) is 3.52. The Labute approximate surface area is 106 Å². The van der Waals surface area contributed by atoms with E-state index in [1.165, 1.54) is 25.7 Å². The molecule has 100 valence electrons. The molecule has 0 aromatic carbocycles. The monoisotopic (exact) mass is 241 g/mol. The molecule has 0 aromatic heterocycles. The van der Waals surface area contributed by atoms with Gasteiger partial charge in [0.15, 0.2) is 0 Å². The summed E-state index contributed by atoms with van der Waals surface area (Å²) in [6.45, 7) is 8.29. The van der Waals surface area contributed by atoms with Gasteiger partial charge in [-0.15, -0.1) is 0 Å². The highest BCUT2D eigenvalue weighted by Gasteiger charge is 2.18. The van der Waals surface area contributed by atoms with Crippen LogP contribution in [0.5, 0.6) is 0 Å². The number of ketones is 1. The van der Waals surface area contributed by atoms with Crippen molar-refractivity contribution in [2.75, 3.05) is 32.8 Å². The molecule has 0 N–H and O–H groups in total. The zero-order valence-corrected chi connectivity index (χ0v) is 11.4. The fraction of sp³-hybridized carbons (Fsp3) is 0.929. The van der Waals surface area contributed by atoms with E-state index in [9.17, 15) is 4.79 Å². The van der Waals surface area contributed by atoms with Crippen LogP contribution in [0.1, 0.15) is 46.0 Å². The van der Waals surface area contributed by atoms with Gasteiger partial charge in [0.2, 0.25) is 0 Å². The topological polar surface area (TPSA) is 29.5 Å². The summed E-state index contributed by atoms with van der Waals surface area (Å²) in [5.74, 6) is 0.637. The molecule has 3 nitrogen and oxygen atoms in total. The van der Waals surface area contributed by atoms with Gasteiger partial charge in [0.05, 0.1) is 19.8 Å². The van der Waals surface area contributed by atoms with Crippen LogP contribution in [0.4, 0.5) is 0 Å². The normalized spacial score (nSPS) is 19.2. The number of hydrogen-bond donors (Lipinski definition) is 0. The average Bonchev–Trinajstić information content (AvgIpc) is 2.35. The summed E-state index contributed by atoms with van der Waals surface area (Å²) < 4.78 is 5.28. The second-order valence-electron chi connectivity index (χ2n) is 5.11. The highest BCUT2D eigenvalue weighted by Crippen LogP contribution is 2.12. The fourth-order valence-electron chi connectivity index (χ4n) is 2.17. The van der Waals surface area contributed by atoms with Crippen molar-refractivity contribution in [3.05, 3.63) is 0 Å². The number of morpholine rings is 1. The molecule has 0 bridgehead atoms. The van der Waals surface area contributed by atoms with Crippen molar-refractivity contribution in [1.82, 2.24) is 4.90 Å². The van der Waals surface area contributed by atoms with E-state index in [0.717, 1.165) is 32.7 Å². The maximum Gasteiger partial charge on any atom is 0.149 e. The van der Waals surface area contributed by atoms with Crippen molar-refractivity contribution in [2.45, 2.75) is 46.0 Å². The van der Waals surface area contributed by atoms with Gasteiger partial charge >= 0.3 is 0 Å². The Bertz CT molecular complexity index is 212. The van der Waals surface area contributed by atoms with Crippen molar-refractivity contribution in [1.29, 1.82) is 0 Å². The van der Waals surface area contributed by atoms with Gasteiger partial charge in [0.25, 0.3) is 0 Å². The molecule has 3 heteroatoms. The maximum absolute atomic E-state index is 12.0. The summed E-state index contributed by atoms with van der Waals surface area (Å²) in [6.07, 6.45) is 6.08. The third-order valence-electron chi connectivity index (χ3n) is 3.52. The van der Waals surface area contributed by atoms with Crippen LogP contribution in [0.2, 0.25) is 0 Å². The van der Waals surface area contributed by atoms with Gasteiger partial charge in [-0.25, -0.2) is 0 Å². The van der Waals surface area contributed by atoms with Crippen LogP contribution >= 0.6 is 0 Å². The molecule has 0 aliphatic carbocycles. The minimum atomic E-state index is 0.231. The van der Waals surface area contributed by atoms with Crippen molar-refractivity contribution in [2.24, 2.45) is 5.92 Å². The molecule has 0 spiro atoms. The molecule has 17 heavy (non-hydrogen) atoms. The van der Waals surface area contributed by atoms with Gasteiger partial charge in [-0.3, -0.25) is 9.69 Å². The molecule has 1 atom stereocenters. The Kier molecular flexibility index (Phi) is 7.45. The summed E-state index contributed by atoms with van der Waals surface area (Å²) in [5.41, 5.74) is 0. The summed E-state index contributed by atoms with van der Waals surface area (Å²) >= 11 is 0. The van der Waals surface area contributed by atoms with Crippen LogP contribution in [0, 0.1) is 5.92 Å². The molecule has 0 aromatic rings. The number of Topliss-reactive ketones (excluding diaryl/α,β-unsaturated/α-hetero) is 1. The lowest BCUT2D eigenvalue weighted by Gasteiger charge is -2.26. The van der Waals surface area contributed by atoms with Crippen LogP contribution in [0.25, 0.3) is 0 Å². The van der Waals surface area contributed by atoms with Crippen molar-refractivity contribution in [3.63, 3.8) is 0 Å². The van der Waals surface area contributed by atoms with Crippen molar-refractivity contribution < 1.29 is 9.53 Å². The molecule has 0 amide bonds. The number of rotatable bonds is 8. The molecule has 1 unspecified atom stereocenters. The number of carbonyl (C=O) groups excluding carboxylic acids is 1. The minimum Gasteiger partial charge on any atom is -0.379 e. The lowest BCUT2D eigenvalue weighted by molar-refractivity contribution is -0.124. The first kappa shape index (κ1) is 14.7. The number of unbranched alkanes of at least 4 members (excludes halogenated alkanes) is 3. The Morgan fingerprint density at radius 3 is 2.59 bits per heavy atom. The Balaban J connectivity index is 2.12. The summed E-state index contributed by atoms with van der Waals surface area (Å²) in [5, 5.41) is 0. The van der Waals surface area contributed by atoms with Crippen LogP contribution < -0.4 is 0 Å². The Hall–Kier alpha value is -0.410. The zero-order valence-electron chi connectivity index (χ0n) is 11.4. The van der Waals surface area contributed by atoms with Crippen molar-refractivity contribution >= 4 is 5.78 Å². The van der Waals surface area contributed by atoms with Gasteiger partial charge in [-0.2, -0.15) is 0 Å². The molecule has 1 aliphatic rings. The SMILES string of the molecule is CCCCCCC(C)C(=O)CN1CCOCC1.